The Kier molecular flexibility index (Phi) is 3.63. The van der Waals surface area contributed by atoms with E-state index in [-0.39, 0.29) is 0 Å². The number of benzene rings is 3. The van der Waals surface area contributed by atoms with Crippen LogP contribution in [0.1, 0.15) is 0 Å². The first-order valence-corrected chi connectivity index (χ1v) is 8.13. The molecule has 0 amide bonds. The molecular formula is C17H13BrS. The van der Waals surface area contributed by atoms with Gasteiger partial charge in [0.05, 0.1) is 0 Å². The lowest BCUT2D eigenvalue weighted by molar-refractivity contribution is 1.46. The largest absolute Gasteiger partial charge is 0.129 e. The number of thioether (sulfide) groups is 1. The minimum absolute atomic E-state index is 1.12. The lowest BCUT2D eigenvalue weighted by atomic mass is 9.98. The van der Waals surface area contributed by atoms with E-state index in [1.54, 1.807) is 11.8 Å². The van der Waals surface area contributed by atoms with Gasteiger partial charge in [-0.25, -0.2) is 0 Å². The van der Waals surface area contributed by atoms with E-state index >= 15 is 0 Å². The summed E-state index contributed by atoms with van der Waals surface area (Å²) in [6.07, 6.45) is 2.12. The molecule has 0 aliphatic rings. The predicted octanol–water partition coefficient (Wildman–Crippen LogP) is 5.99. The van der Waals surface area contributed by atoms with Crippen LogP contribution in [0.5, 0.6) is 0 Å². The van der Waals surface area contributed by atoms with Crippen LogP contribution >= 0.6 is 27.7 Å². The van der Waals surface area contributed by atoms with Crippen molar-refractivity contribution in [3.05, 3.63) is 65.1 Å². The first-order chi connectivity index (χ1) is 9.29. The fraction of sp³-hybridized carbons (Fsp3) is 0.0588. The van der Waals surface area contributed by atoms with Gasteiger partial charge in [0.1, 0.15) is 0 Å². The third kappa shape index (κ3) is 2.43. The SMILES string of the molecule is CSc1ccccc1-c1cc(Br)cc2ccccc12. The smallest absolute Gasteiger partial charge is 0.0187 e. The second-order valence-electron chi connectivity index (χ2n) is 4.37. The highest BCUT2D eigenvalue weighted by Crippen LogP contribution is 2.36. The molecule has 0 atom stereocenters. The predicted molar refractivity (Wildman–Crippen MR) is 88.9 cm³/mol. The third-order valence-corrected chi connectivity index (χ3v) is 4.48. The van der Waals surface area contributed by atoms with E-state index in [1.807, 2.05) is 0 Å². The van der Waals surface area contributed by atoms with Gasteiger partial charge in [-0.15, -0.1) is 11.8 Å². The van der Waals surface area contributed by atoms with Gasteiger partial charge < -0.3 is 0 Å². The maximum Gasteiger partial charge on any atom is 0.0187 e. The van der Waals surface area contributed by atoms with Crippen LogP contribution in [-0.2, 0) is 0 Å². The Hall–Kier alpha value is -1.25. The van der Waals surface area contributed by atoms with Crippen LogP contribution in [0.2, 0.25) is 0 Å². The summed E-state index contributed by atoms with van der Waals surface area (Å²) < 4.78 is 1.12. The van der Waals surface area contributed by atoms with Crippen LogP contribution < -0.4 is 0 Å². The van der Waals surface area contributed by atoms with Gasteiger partial charge in [0.2, 0.25) is 0 Å². The summed E-state index contributed by atoms with van der Waals surface area (Å²) >= 11 is 5.41. The van der Waals surface area contributed by atoms with E-state index in [0.717, 1.165) is 4.47 Å². The molecule has 0 heterocycles. The summed E-state index contributed by atoms with van der Waals surface area (Å²) in [6, 6.07) is 21.5. The fourth-order valence-electron chi connectivity index (χ4n) is 2.36. The zero-order chi connectivity index (χ0) is 13.2. The van der Waals surface area contributed by atoms with Crippen LogP contribution in [0.15, 0.2) is 70.0 Å². The molecule has 0 unspecified atom stereocenters. The van der Waals surface area contributed by atoms with Crippen molar-refractivity contribution in [2.45, 2.75) is 4.90 Å². The van der Waals surface area contributed by atoms with Crippen LogP contribution in [0, 0.1) is 0 Å². The minimum atomic E-state index is 1.12. The Morgan fingerprint density at radius 1 is 0.842 bits per heavy atom. The van der Waals surface area contributed by atoms with E-state index in [9.17, 15) is 0 Å². The van der Waals surface area contributed by atoms with E-state index in [0.29, 0.717) is 0 Å². The van der Waals surface area contributed by atoms with Crippen LogP contribution in [-0.4, -0.2) is 6.26 Å². The monoisotopic (exact) mass is 328 g/mol. The van der Waals surface area contributed by atoms with Gasteiger partial charge in [-0.2, -0.15) is 0 Å². The normalized spacial score (nSPS) is 10.8. The zero-order valence-electron chi connectivity index (χ0n) is 10.6. The summed E-state index contributed by atoms with van der Waals surface area (Å²) in [5, 5.41) is 2.56. The standard InChI is InChI=1S/C17H13BrS/c1-19-17-9-5-4-8-15(17)16-11-13(18)10-12-6-2-3-7-14(12)16/h2-11H,1H3. The molecule has 0 radical (unpaired) electrons. The summed E-state index contributed by atoms with van der Waals surface area (Å²) in [4.78, 5) is 1.31. The van der Waals surface area contributed by atoms with Gasteiger partial charge in [-0.1, -0.05) is 58.4 Å². The molecule has 3 aromatic rings. The number of hydrogen-bond acceptors (Lipinski definition) is 1. The summed E-state index contributed by atoms with van der Waals surface area (Å²) in [5.74, 6) is 0. The second-order valence-corrected chi connectivity index (χ2v) is 6.14. The number of rotatable bonds is 2. The highest BCUT2D eigenvalue weighted by Gasteiger charge is 2.08. The molecule has 2 heteroatoms. The average Bonchev–Trinajstić information content (AvgIpc) is 2.46. The lowest BCUT2D eigenvalue weighted by Gasteiger charge is -2.11. The molecule has 0 aromatic heterocycles. The molecule has 0 spiro atoms. The molecule has 0 nitrogen and oxygen atoms in total. The summed E-state index contributed by atoms with van der Waals surface area (Å²) in [7, 11) is 0. The van der Waals surface area contributed by atoms with Gasteiger partial charge in [0.15, 0.2) is 0 Å². The highest BCUT2D eigenvalue weighted by atomic mass is 79.9. The molecule has 3 rings (SSSR count). The quantitative estimate of drug-likeness (QED) is 0.520. The molecule has 0 saturated heterocycles. The van der Waals surface area contributed by atoms with E-state index in [4.69, 9.17) is 0 Å². The van der Waals surface area contributed by atoms with E-state index < -0.39 is 0 Å². The second kappa shape index (κ2) is 5.40. The zero-order valence-corrected chi connectivity index (χ0v) is 13.0. The summed E-state index contributed by atoms with van der Waals surface area (Å²) in [5.41, 5.74) is 2.59. The fourth-order valence-corrected chi connectivity index (χ4v) is 3.45. The first kappa shape index (κ1) is 12.8. The first-order valence-electron chi connectivity index (χ1n) is 6.11. The third-order valence-electron chi connectivity index (χ3n) is 3.22. The van der Waals surface area contributed by atoms with Crippen LogP contribution in [0.25, 0.3) is 21.9 Å². The Labute approximate surface area is 126 Å². The van der Waals surface area contributed by atoms with E-state index in [2.05, 4.69) is 82.8 Å². The molecule has 94 valence electrons. The van der Waals surface area contributed by atoms with Gasteiger partial charge >= 0.3 is 0 Å². The molecular weight excluding hydrogens is 316 g/mol. The van der Waals surface area contributed by atoms with Crippen molar-refractivity contribution in [1.82, 2.24) is 0 Å². The number of fused-ring (bicyclic) bond motifs is 1. The van der Waals surface area contributed by atoms with Gasteiger partial charge in [-0.3, -0.25) is 0 Å². The molecule has 0 aliphatic carbocycles. The van der Waals surface area contributed by atoms with Crippen molar-refractivity contribution in [1.29, 1.82) is 0 Å². The molecule has 0 fully saturated rings. The molecule has 0 saturated carbocycles. The topological polar surface area (TPSA) is 0 Å². The Balaban J connectivity index is 2.36. The Bertz CT molecular complexity index is 734. The molecule has 0 aliphatic heterocycles. The minimum Gasteiger partial charge on any atom is -0.129 e. The van der Waals surface area contributed by atoms with Gasteiger partial charge in [-0.05, 0) is 46.4 Å². The molecule has 19 heavy (non-hydrogen) atoms. The van der Waals surface area contributed by atoms with Crippen LogP contribution in [0.4, 0.5) is 0 Å². The number of hydrogen-bond donors (Lipinski definition) is 0. The summed E-state index contributed by atoms with van der Waals surface area (Å²) in [6.45, 7) is 0. The maximum absolute atomic E-state index is 3.62. The van der Waals surface area contributed by atoms with Crippen molar-refractivity contribution >= 4 is 38.5 Å². The van der Waals surface area contributed by atoms with Crippen molar-refractivity contribution in [3.63, 3.8) is 0 Å². The molecule has 3 aromatic carbocycles. The van der Waals surface area contributed by atoms with Crippen LogP contribution in [0.3, 0.4) is 0 Å². The van der Waals surface area contributed by atoms with Crippen molar-refractivity contribution in [2.75, 3.05) is 6.26 Å². The van der Waals surface area contributed by atoms with E-state index in [1.165, 1.54) is 26.8 Å². The highest BCUT2D eigenvalue weighted by molar-refractivity contribution is 9.10. The van der Waals surface area contributed by atoms with Gasteiger partial charge in [0, 0.05) is 9.37 Å². The lowest BCUT2D eigenvalue weighted by Crippen LogP contribution is -1.85. The molecule has 0 bridgehead atoms. The van der Waals surface area contributed by atoms with Gasteiger partial charge in [0.25, 0.3) is 0 Å². The molecule has 0 N–H and O–H groups in total. The average molecular weight is 329 g/mol. The maximum atomic E-state index is 3.62. The van der Waals surface area contributed by atoms with Crippen molar-refractivity contribution in [2.24, 2.45) is 0 Å². The van der Waals surface area contributed by atoms with Crippen molar-refractivity contribution in [3.8, 4) is 11.1 Å². The number of halogens is 1. The Morgan fingerprint density at radius 2 is 1.58 bits per heavy atom. The van der Waals surface area contributed by atoms with Crippen molar-refractivity contribution < 1.29 is 0 Å². The Morgan fingerprint density at radius 3 is 2.42 bits per heavy atom.